The quantitative estimate of drug-likeness (QED) is 0.900. The summed E-state index contributed by atoms with van der Waals surface area (Å²) >= 11 is 0. The largest absolute Gasteiger partial charge is 0.331 e. The molecule has 2 atom stereocenters. The zero-order chi connectivity index (χ0) is 14.5. The van der Waals surface area contributed by atoms with Gasteiger partial charge < -0.3 is 10.3 Å². The summed E-state index contributed by atoms with van der Waals surface area (Å²) in [7, 11) is 0. The Hall–Kier alpha value is -0.870. The molecule has 0 aromatic carbocycles. The maximum Gasteiger partial charge on any atom is 0.0951 e. The summed E-state index contributed by atoms with van der Waals surface area (Å²) in [5.41, 5.74) is 7.43. The first-order valence-corrected chi connectivity index (χ1v) is 8.16. The Morgan fingerprint density at radius 3 is 2.80 bits per heavy atom. The Bertz CT molecular complexity index is 399. The van der Waals surface area contributed by atoms with Crippen LogP contribution in [-0.2, 0) is 0 Å². The van der Waals surface area contributed by atoms with Crippen LogP contribution in [0.25, 0.3) is 0 Å². The number of rotatable bonds is 5. The number of hydrogen-bond acceptors (Lipinski definition) is 3. The molecule has 2 rings (SSSR count). The van der Waals surface area contributed by atoms with Crippen LogP contribution in [0.15, 0.2) is 12.5 Å². The van der Waals surface area contributed by atoms with Crippen LogP contribution in [0.5, 0.6) is 0 Å². The second kappa shape index (κ2) is 7.23. The molecule has 20 heavy (non-hydrogen) atoms. The van der Waals surface area contributed by atoms with Gasteiger partial charge in [-0.3, -0.25) is 4.90 Å². The SMILES string of the molecule is CCC1CCCCCN1C(CN)c1cncn1C(C)C. The normalized spacial score (nSPS) is 22.9. The Morgan fingerprint density at radius 1 is 1.35 bits per heavy atom. The van der Waals surface area contributed by atoms with Crippen molar-refractivity contribution in [3.8, 4) is 0 Å². The predicted octanol–water partition coefficient (Wildman–Crippen LogP) is 3.12. The highest BCUT2D eigenvalue weighted by molar-refractivity contribution is 5.08. The van der Waals surface area contributed by atoms with Crippen LogP contribution < -0.4 is 5.73 Å². The van der Waals surface area contributed by atoms with Crippen LogP contribution in [0.1, 0.15) is 70.7 Å². The average molecular weight is 278 g/mol. The van der Waals surface area contributed by atoms with E-state index in [4.69, 9.17) is 5.73 Å². The van der Waals surface area contributed by atoms with Crippen LogP contribution in [0.3, 0.4) is 0 Å². The van der Waals surface area contributed by atoms with Crippen molar-refractivity contribution < 1.29 is 0 Å². The number of likely N-dealkylation sites (tertiary alicyclic amines) is 1. The van der Waals surface area contributed by atoms with Gasteiger partial charge in [0, 0.05) is 24.8 Å². The molecule has 4 heteroatoms. The van der Waals surface area contributed by atoms with E-state index in [0.29, 0.717) is 24.7 Å². The summed E-state index contributed by atoms with van der Waals surface area (Å²) in [4.78, 5) is 7.00. The molecule has 1 fully saturated rings. The summed E-state index contributed by atoms with van der Waals surface area (Å²) < 4.78 is 2.27. The second-order valence-electron chi connectivity index (χ2n) is 6.22. The van der Waals surface area contributed by atoms with E-state index in [1.807, 2.05) is 12.5 Å². The van der Waals surface area contributed by atoms with E-state index in [9.17, 15) is 0 Å². The molecule has 0 saturated carbocycles. The lowest BCUT2D eigenvalue weighted by atomic mass is 10.0. The van der Waals surface area contributed by atoms with E-state index in [1.165, 1.54) is 44.3 Å². The molecule has 0 aliphatic carbocycles. The third-order valence-corrected chi connectivity index (χ3v) is 4.61. The highest BCUT2D eigenvalue weighted by atomic mass is 15.2. The minimum Gasteiger partial charge on any atom is -0.331 e. The van der Waals surface area contributed by atoms with Gasteiger partial charge in [-0.25, -0.2) is 4.98 Å². The Labute approximate surface area is 123 Å². The number of imidazole rings is 1. The minimum absolute atomic E-state index is 0.308. The van der Waals surface area contributed by atoms with E-state index >= 15 is 0 Å². The molecule has 1 saturated heterocycles. The van der Waals surface area contributed by atoms with Gasteiger partial charge in [0.25, 0.3) is 0 Å². The van der Waals surface area contributed by atoms with E-state index in [-0.39, 0.29) is 0 Å². The summed E-state index contributed by atoms with van der Waals surface area (Å²) in [6.45, 7) is 8.56. The van der Waals surface area contributed by atoms with Gasteiger partial charge in [-0.1, -0.05) is 19.8 Å². The van der Waals surface area contributed by atoms with Gasteiger partial charge in [0.15, 0.2) is 0 Å². The van der Waals surface area contributed by atoms with Gasteiger partial charge in [-0.05, 0) is 39.7 Å². The molecule has 0 bridgehead atoms. The van der Waals surface area contributed by atoms with Gasteiger partial charge in [-0.2, -0.15) is 0 Å². The van der Waals surface area contributed by atoms with E-state index in [0.717, 1.165) is 0 Å². The summed E-state index contributed by atoms with van der Waals surface area (Å²) in [5.74, 6) is 0. The maximum absolute atomic E-state index is 6.15. The van der Waals surface area contributed by atoms with Gasteiger partial charge in [0.05, 0.1) is 18.1 Å². The summed E-state index contributed by atoms with van der Waals surface area (Å²) in [6.07, 6.45) is 10.5. The molecule has 1 aromatic rings. The van der Waals surface area contributed by atoms with Crippen molar-refractivity contribution in [2.75, 3.05) is 13.1 Å². The smallest absolute Gasteiger partial charge is 0.0951 e. The first kappa shape index (κ1) is 15.5. The van der Waals surface area contributed by atoms with Crippen molar-refractivity contribution in [2.45, 2.75) is 71.0 Å². The number of nitrogens with two attached hydrogens (primary N) is 1. The molecule has 2 unspecified atom stereocenters. The van der Waals surface area contributed by atoms with Crippen molar-refractivity contribution in [3.63, 3.8) is 0 Å². The van der Waals surface area contributed by atoms with E-state index in [2.05, 4.69) is 35.2 Å². The van der Waals surface area contributed by atoms with Crippen LogP contribution in [0, 0.1) is 0 Å². The minimum atomic E-state index is 0.308. The Kier molecular flexibility index (Phi) is 5.61. The fourth-order valence-corrected chi connectivity index (χ4v) is 3.48. The van der Waals surface area contributed by atoms with E-state index < -0.39 is 0 Å². The van der Waals surface area contributed by atoms with E-state index in [1.54, 1.807) is 0 Å². The molecule has 0 amide bonds. The highest BCUT2D eigenvalue weighted by Crippen LogP contribution is 2.29. The Morgan fingerprint density at radius 2 is 2.15 bits per heavy atom. The molecule has 0 radical (unpaired) electrons. The highest BCUT2D eigenvalue weighted by Gasteiger charge is 2.29. The number of aromatic nitrogens is 2. The van der Waals surface area contributed by atoms with Crippen molar-refractivity contribution in [2.24, 2.45) is 5.73 Å². The van der Waals surface area contributed by atoms with Crippen molar-refractivity contribution in [3.05, 3.63) is 18.2 Å². The molecule has 1 aromatic heterocycles. The van der Waals surface area contributed by atoms with Crippen molar-refractivity contribution in [1.82, 2.24) is 14.5 Å². The van der Waals surface area contributed by atoms with Crippen molar-refractivity contribution in [1.29, 1.82) is 0 Å². The van der Waals surface area contributed by atoms with Gasteiger partial charge in [-0.15, -0.1) is 0 Å². The monoisotopic (exact) mass is 278 g/mol. The van der Waals surface area contributed by atoms with Crippen LogP contribution >= 0.6 is 0 Å². The maximum atomic E-state index is 6.15. The number of hydrogen-bond donors (Lipinski definition) is 1. The molecular formula is C16H30N4. The fourth-order valence-electron chi connectivity index (χ4n) is 3.48. The standard InChI is InChI=1S/C16H30N4/c1-4-14-8-6-5-7-9-19(14)15(10-17)16-11-18-12-20(16)13(2)3/h11-15H,4-10,17H2,1-3H3. The lowest BCUT2D eigenvalue weighted by Gasteiger charge is -2.36. The third kappa shape index (κ3) is 3.23. The molecule has 0 spiro atoms. The molecule has 2 heterocycles. The molecule has 1 aliphatic heterocycles. The molecular weight excluding hydrogens is 248 g/mol. The van der Waals surface area contributed by atoms with Crippen molar-refractivity contribution >= 4 is 0 Å². The van der Waals surface area contributed by atoms with Gasteiger partial charge in [0.2, 0.25) is 0 Å². The topological polar surface area (TPSA) is 47.1 Å². The number of nitrogens with zero attached hydrogens (tertiary/aromatic N) is 3. The molecule has 114 valence electrons. The van der Waals surface area contributed by atoms with Gasteiger partial charge >= 0.3 is 0 Å². The molecule has 4 nitrogen and oxygen atoms in total. The van der Waals surface area contributed by atoms with Gasteiger partial charge in [0.1, 0.15) is 0 Å². The zero-order valence-electron chi connectivity index (χ0n) is 13.3. The first-order valence-electron chi connectivity index (χ1n) is 8.16. The molecule has 2 N–H and O–H groups in total. The summed E-state index contributed by atoms with van der Waals surface area (Å²) in [5, 5.41) is 0. The third-order valence-electron chi connectivity index (χ3n) is 4.61. The average Bonchev–Trinajstić information content (AvgIpc) is 2.80. The first-order chi connectivity index (χ1) is 9.69. The summed E-state index contributed by atoms with van der Waals surface area (Å²) in [6, 6.07) is 1.41. The second-order valence-corrected chi connectivity index (χ2v) is 6.22. The lowest BCUT2D eigenvalue weighted by Crippen LogP contribution is -2.41. The van der Waals surface area contributed by atoms with Crippen LogP contribution in [0.2, 0.25) is 0 Å². The van der Waals surface area contributed by atoms with Crippen LogP contribution in [-0.4, -0.2) is 33.6 Å². The fraction of sp³-hybridized carbons (Fsp3) is 0.812. The zero-order valence-corrected chi connectivity index (χ0v) is 13.3. The molecule has 1 aliphatic rings. The van der Waals surface area contributed by atoms with Crippen LogP contribution in [0.4, 0.5) is 0 Å². The Balaban J connectivity index is 2.27. The lowest BCUT2D eigenvalue weighted by molar-refractivity contribution is 0.130. The predicted molar refractivity (Wildman–Crippen MR) is 83.7 cm³/mol.